The molecule has 0 aliphatic heterocycles. The van der Waals surface area contributed by atoms with E-state index in [4.69, 9.17) is 0 Å². The molecule has 0 heterocycles. The molecule has 1 atom stereocenters. The Morgan fingerprint density at radius 2 is 2.62 bits per heavy atom. The van der Waals surface area contributed by atoms with Crippen molar-refractivity contribution in [2.75, 3.05) is 0 Å². The second-order valence-electron chi connectivity index (χ2n) is 2.33. The van der Waals surface area contributed by atoms with E-state index in [0.717, 1.165) is 5.92 Å². The average Bonchev–Trinajstić information content (AvgIpc) is 2.15. The first-order valence-corrected chi connectivity index (χ1v) is 3.09. The first-order valence-electron chi connectivity index (χ1n) is 3.09. The smallest absolute Gasteiger partial charge is 0.0127 e. The van der Waals surface area contributed by atoms with Gasteiger partial charge in [0.05, 0.1) is 0 Å². The van der Waals surface area contributed by atoms with E-state index < -0.39 is 0 Å². The number of hydrogen-bond donors (Lipinski definition) is 0. The second kappa shape index (κ2) is 1.48. The third-order valence-electron chi connectivity index (χ3n) is 1.80. The summed E-state index contributed by atoms with van der Waals surface area (Å²) in [6.07, 6.45) is 12.3. The lowest BCUT2D eigenvalue weighted by Crippen LogP contribution is -1.84. The van der Waals surface area contributed by atoms with E-state index in [1.54, 1.807) is 0 Å². The molecule has 0 aromatic carbocycles. The fourth-order valence-electron chi connectivity index (χ4n) is 1.33. The largest absolute Gasteiger partial charge is 0.0773 e. The Kier molecular flexibility index (Phi) is 0.806. The van der Waals surface area contributed by atoms with Gasteiger partial charge >= 0.3 is 0 Å². The molecule has 0 amide bonds. The Labute approximate surface area is 49.9 Å². The van der Waals surface area contributed by atoms with Crippen LogP contribution in [0.3, 0.4) is 0 Å². The lowest BCUT2D eigenvalue weighted by molar-refractivity contribution is 0.779. The number of allylic oxidation sites excluding steroid dienone is 4. The SMILES string of the molecule is [C]1CCC2C=CC=C12. The lowest BCUT2D eigenvalue weighted by Gasteiger charge is -1.95. The summed E-state index contributed by atoms with van der Waals surface area (Å²) in [4.78, 5) is 0. The van der Waals surface area contributed by atoms with Crippen LogP contribution in [0.25, 0.3) is 0 Å². The van der Waals surface area contributed by atoms with Crippen molar-refractivity contribution in [1.82, 2.24) is 0 Å². The van der Waals surface area contributed by atoms with Crippen LogP contribution < -0.4 is 0 Å². The molecule has 0 heteroatoms. The normalized spacial score (nSPS) is 33.0. The highest BCUT2D eigenvalue weighted by Crippen LogP contribution is 2.34. The summed E-state index contributed by atoms with van der Waals surface area (Å²) in [6, 6.07) is 0. The average molecular weight is 104 g/mol. The molecule has 8 heavy (non-hydrogen) atoms. The molecule has 1 unspecified atom stereocenters. The first-order chi connectivity index (χ1) is 3.97. The van der Waals surface area contributed by atoms with Gasteiger partial charge in [-0.15, -0.1) is 0 Å². The van der Waals surface area contributed by atoms with Gasteiger partial charge in [-0.1, -0.05) is 23.8 Å². The predicted octanol–water partition coefficient (Wildman–Crippen LogP) is 1.97. The van der Waals surface area contributed by atoms with E-state index in [-0.39, 0.29) is 0 Å². The molecule has 0 saturated heterocycles. The van der Waals surface area contributed by atoms with Crippen molar-refractivity contribution in [3.05, 3.63) is 30.2 Å². The van der Waals surface area contributed by atoms with Gasteiger partial charge in [0.15, 0.2) is 0 Å². The zero-order valence-electron chi connectivity index (χ0n) is 4.72. The highest BCUT2D eigenvalue weighted by atomic mass is 14.2. The van der Waals surface area contributed by atoms with E-state index in [1.807, 2.05) is 0 Å². The van der Waals surface area contributed by atoms with Crippen LogP contribution in [0.2, 0.25) is 0 Å². The summed E-state index contributed by atoms with van der Waals surface area (Å²) in [5.41, 5.74) is 1.42. The van der Waals surface area contributed by atoms with Crippen LogP contribution in [0.4, 0.5) is 0 Å². The van der Waals surface area contributed by atoms with Crippen molar-refractivity contribution < 1.29 is 0 Å². The molecule has 0 aromatic rings. The van der Waals surface area contributed by atoms with Crippen LogP contribution in [0.5, 0.6) is 0 Å². The predicted molar refractivity (Wildman–Crippen MR) is 33.2 cm³/mol. The molecule has 0 bridgehead atoms. The monoisotopic (exact) mass is 104 g/mol. The minimum atomic E-state index is 0.745. The summed E-state index contributed by atoms with van der Waals surface area (Å²) < 4.78 is 0. The summed E-state index contributed by atoms with van der Waals surface area (Å²) in [6.45, 7) is 0. The topological polar surface area (TPSA) is 0 Å². The van der Waals surface area contributed by atoms with Gasteiger partial charge in [0.25, 0.3) is 0 Å². The van der Waals surface area contributed by atoms with Crippen LogP contribution in [-0.2, 0) is 0 Å². The summed E-state index contributed by atoms with van der Waals surface area (Å²) in [5, 5.41) is 0. The Balaban J connectivity index is 2.29. The van der Waals surface area contributed by atoms with Gasteiger partial charge in [0.2, 0.25) is 0 Å². The molecular formula is C8H8. The van der Waals surface area contributed by atoms with Crippen molar-refractivity contribution in [2.45, 2.75) is 12.8 Å². The Morgan fingerprint density at radius 3 is 3.50 bits per heavy atom. The van der Waals surface area contributed by atoms with Crippen molar-refractivity contribution in [3.8, 4) is 0 Å². The minimum Gasteiger partial charge on any atom is -0.0773 e. The molecule has 1 saturated carbocycles. The molecule has 2 radical (unpaired) electrons. The zero-order chi connectivity index (χ0) is 5.40. The maximum atomic E-state index is 3.32. The first kappa shape index (κ1) is 4.37. The maximum Gasteiger partial charge on any atom is 0.0127 e. The summed E-state index contributed by atoms with van der Waals surface area (Å²) in [5.74, 6) is 0.745. The summed E-state index contributed by atoms with van der Waals surface area (Å²) >= 11 is 0. The van der Waals surface area contributed by atoms with Crippen LogP contribution in [0.15, 0.2) is 23.8 Å². The van der Waals surface area contributed by atoms with Crippen LogP contribution in [-0.4, -0.2) is 0 Å². The standard InChI is InChI=1S/C8H8/c1-3-7-5-2-6-8(7)4-1/h1,3-4,7H,2,5H2. The van der Waals surface area contributed by atoms with E-state index in [9.17, 15) is 0 Å². The van der Waals surface area contributed by atoms with E-state index in [0.29, 0.717) is 0 Å². The molecular weight excluding hydrogens is 96.1 g/mol. The third-order valence-corrected chi connectivity index (χ3v) is 1.80. The lowest BCUT2D eigenvalue weighted by atomic mass is 10.1. The Morgan fingerprint density at radius 1 is 1.62 bits per heavy atom. The number of rotatable bonds is 0. The maximum absolute atomic E-state index is 3.32. The van der Waals surface area contributed by atoms with Gasteiger partial charge in [-0.25, -0.2) is 0 Å². The quantitative estimate of drug-likeness (QED) is 0.440. The van der Waals surface area contributed by atoms with Crippen LogP contribution in [0, 0.1) is 12.3 Å². The van der Waals surface area contributed by atoms with Gasteiger partial charge in [0.1, 0.15) is 0 Å². The van der Waals surface area contributed by atoms with Gasteiger partial charge in [0, 0.05) is 6.42 Å². The van der Waals surface area contributed by atoms with E-state index >= 15 is 0 Å². The van der Waals surface area contributed by atoms with E-state index in [2.05, 4.69) is 24.6 Å². The third kappa shape index (κ3) is 0.459. The molecule has 2 rings (SSSR count). The fourth-order valence-corrected chi connectivity index (χ4v) is 1.33. The Hall–Kier alpha value is -0.520. The molecule has 1 fully saturated rings. The van der Waals surface area contributed by atoms with Crippen molar-refractivity contribution in [1.29, 1.82) is 0 Å². The molecule has 0 nitrogen and oxygen atoms in total. The molecule has 0 aromatic heterocycles. The molecule has 0 spiro atoms. The van der Waals surface area contributed by atoms with Crippen molar-refractivity contribution >= 4 is 0 Å². The molecule has 40 valence electrons. The van der Waals surface area contributed by atoms with Crippen molar-refractivity contribution in [3.63, 3.8) is 0 Å². The van der Waals surface area contributed by atoms with Gasteiger partial charge in [-0.05, 0) is 18.8 Å². The molecule has 2 aliphatic rings. The van der Waals surface area contributed by atoms with E-state index in [1.165, 1.54) is 18.4 Å². The van der Waals surface area contributed by atoms with Crippen LogP contribution >= 0.6 is 0 Å². The zero-order valence-corrected chi connectivity index (χ0v) is 4.72. The molecule has 2 aliphatic carbocycles. The van der Waals surface area contributed by atoms with Crippen LogP contribution in [0.1, 0.15) is 12.8 Å². The minimum absolute atomic E-state index is 0.745. The highest BCUT2D eigenvalue weighted by Gasteiger charge is 2.20. The highest BCUT2D eigenvalue weighted by molar-refractivity contribution is 5.35. The van der Waals surface area contributed by atoms with Gasteiger partial charge < -0.3 is 0 Å². The Bertz CT molecular complexity index is 151. The summed E-state index contributed by atoms with van der Waals surface area (Å²) in [7, 11) is 0. The van der Waals surface area contributed by atoms with Gasteiger partial charge in [-0.3, -0.25) is 0 Å². The number of fused-ring (bicyclic) bond motifs is 1. The second-order valence-corrected chi connectivity index (χ2v) is 2.33. The fraction of sp³-hybridized carbons (Fsp3) is 0.375. The van der Waals surface area contributed by atoms with Crippen molar-refractivity contribution in [2.24, 2.45) is 5.92 Å². The number of hydrogen-bond acceptors (Lipinski definition) is 0. The van der Waals surface area contributed by atoms with Gasteiger partial charge in [-0.2, -0.15) is 0 Å². The molecule has 0 N–H and O–H groups in total.